The molecule has 120 valence electrons. The number of nitrogens with one attached hydrogen (secondary N) is 1. The molecule has 0 radical (unpaired) electrons. The third-order valence-corrected chi connectivity index (χ3v) is 4.13. The van der Waals surface area contributed by atoms with Crippen molar-refractivity contribution in [2.24, 2.45) is 11.0 Å². The van der Waals surface area contributed by atoms with Crippen molar-refractivity contribution in [3.05, 3.63) is 48.0 Å². The molecule has 2 heterocycles. The number of anilines is 1. The van der Waals surface area contributed by atoms with E-state index in [2.05, 4.69) is 22.0 Å². The number of rotatable bonds is 6. The summed E-state index contributed by atoms with van der Waals surface area (Å²) in [6.45, 7) is 4.16. The fraction of sp³-hybridized carbons (Fsp3) is 0.389. The van der Waals surface area contributed by atoms with E-state index >= 15 is 0 Å². The highest BCUT2D eigenvalue weighted by Gasteiger charge is 2.36. The summed E-state index contributed by atoms with van der Waals surface area (Å²) >= 11 is 0. The number of aromatic nitrogens is 2. The molecular formula is C18H22N4O. The number of carbonyl (C=O) groups is 1. The normalized spacial score (nSPS) is 17.7. The molecular weight excluding hydrogens is 288 g/mol. The third kappa shape index (κ3) is 3.33. The van der Waals surface area contributed by atoms with E-state index < -0.39 is 0 Å². The molecule has 3 rings (SSSR count). The molecule has 1 aliphatic heterocycles. The molecule has 1 atom stereocenters. The quantitative estimate of drug-likeness (QED) is 0.888. The van der Waals surface area contributed by atoms with Gasteiger partial charge in [0.25, 0.3) is 5.91 Å². The number of hydrogen-bond donors (Lipinski definition) is 1. The molecule has 5 nitrogen and oxygen atoms in total. The molecule has 0 fully saturated rings. The maximum Gasteiger partial charge on any atom is 0.256 e. The van der Waals surface area contributed by atoms with Crippen LogP contribution in [0.1, 0.15) is 37.6 Å². The number of nitrogens with zero attached hydrogens (tertiary/aromatic N) is 3. The van der Waals surface area contributed by atoms with E-state index in [9.17, 15) is 4.79 Å². The van der Waals surface area contributed by atoms with Crippen LogP contribution in [0.3, 0.4) is 0 Å². The number of imidazole rings is 1. The van der Waals surface area contributed by atoms with E-state index in [1.54, 1.807) is 17.4 Å². The Kier molecular flexibility index (Phi) is 4.55. The summed E-state index contributed by atoms with van der Waals surface area (Å²) in [5.74, 6) is 0.787. The van der Waals surface area contributed by atoms with Gasteiger partial charge in [0.05, 0.1) is 17.3 Å². The molecule has 23 heavy (non-hydrogen) atoms. The lowest BCUT2D eigenvalue weighted by Crippen LogP contribution is -2.28. The Morgan fingerprint density at radius 3 is 2.91 bits per heavy atom. The van der Waals surface area contributed by atoms with Gasteiger partial charge in [-0.15, -0.1) is 0 Å². The van der Waals surface area contributed by atoms with Crippen molar-refractivity contribution >= 4 is 17.3 Å². The molecule has 0 aliphatic carbocycles. The van der Waals surface area contributed by atoms with Gasteiger partial charge in [-0.1, -0.05) is 31.9 Å². The predicted molar refractivity (Wildman–Crippen MR) is 91.4 cm³/mol. The summed E-state index contributed by atoms with van der Waals surface area (Å²) in [4.78, 5) is 20.2. The lowest BCUT2D eigenvalue weighted by molar-refractivity contribution is -0.119. The van der Waals surface area contributed by atoms with Gasteiger partial charge in [-0.3, -0.25) is 4.79 Å². The lowest BCUT2D eigenvalue weighted by Gasteiger charge is -2.14. The molecule has 2 aromatic rings. The highest BCUT2D eigenvalue weighted by atomic mass is 16.2. The van der Waals surface area contributed by atoms with Crippen LogP contribution in [0.5, 0.6) is 0 Å². The van der Waals surface area contributed by atoms with Crippen molar-refractivity contribution in [1.82, 2.24) is 9.97 Å². The van der Waals surface area contributed by atoms with E-state index in [-0.39, 0.29) is 11.8 Å². The number of hydrogen-bond acceptors (Lipinski definition) is 3. The number of aryl methyl sites for hydroxylation is 1. The summed E-state index contributed by atoms with van der Waals surface area (Å²) in [7, 11) is 0. The van der Waals surface area contributed by atoms with E-state index in [4.69, 9.17) is 0 Å². The van der Waals surface area contributed by atoms with Crippen LogP contribution in [0.2, 0.25) is 0 Å². The first-order valence-electron chi connectivity index (χ1n) is 8.15. The maximum absolute atomic E-state index is 12.8. The van der Waals surface area contributed by atoms with E-state index in [1.165, 1.54) is 0 Å². The van der Waals surface area contributed by atoms with Gasteiger partial charge in [0.1, 0.15) is 5.82 Å². The second-order valence-electron chi connectivity index (χ2n) is 5.99. The number of unbranched alkanes of at least 4 members (excludes halogenated alkanes) is 1. The monoisotopic (exact) mass is 310 g/mol. The smallest absolute Gasteiger partial charge is 0.256 e. The van der Waals surface area contributed by atoms with Gasteiger partial charge in [0, 0.05) is 18.8 Å². The Labute approximate surface area is 136 Å². The topological polar surface area (TPSA) is 61.4 Å². The van der Waals surface area contributed by atoms with Crippen molar-refractivity contribution in [3.63, 3.8) is 0 Å². The standard InChI is InChI=1S/C18H22N4O/c1-3-4-8-15-16(12-17-19-9-10-20-17)21-22(18(15)23)14-7-5-6-13(2)11-14/h5-7,9-11,15H,3-4,8,12H2,1-2H3,(H,19,20). The Bertz CT molecular complexity index is 706. The van der Waals surface area contributed by atoms with E-state index in [1.807, 2.05) is 31.2 Å². The number of aromatic amines is 1. The van der Waals surface area contributed by atoms with Crippen molar-refractivity contribution in [1.29, 1.82) is 0 Å². The molecule has 0 spiro atoms. The first-order valence-corrected chi connectivity index (χ1v) is 8.15. The second kappa shape index (κ2) is 6.77. The van der Waals surface area contributed by atoms with Gasteiger partial charge >= 0.3 is 0 Å². The minimum atomic E-state index is -0.138. The van der Waals surface area contributed by atoms with Crippen LogP contribution >= 0.6 is 0 Å². The Morgan fingerprint density at radius 1 is 1.35 bits per heavy atom. The summed E-state index contributed by atoms with van der Waals surface area (Å²) in [5, 5.41) is 6.19. The Balaban J connectivity index is 1.88. The van der Waals surface area contributed by atoms with Crippen LogP contribution in [0.25, 0.3) is 0 Å². The summed E-state index contributed by atoms with van der Waals surface area (Å²) < 4.78 is 0. The van der Waals surface area contributed by atoms with Gasteiger partial charge in [0.2, 0.25) is 0 Å². The Hall–Kier alpha value is -2.43. The molecule has 1 aromatic carbocycles. The largest absolute Gasteiger partial charge is 0.348 e. The molecule has 0 bridgehead atoms. The fourth-order valence-corrected chi connectivity index (χ4v) is 2.91. The zero-order valence-corrected chi connectivity index (χ0v) is 13.6. The van der Waals surface area contributed by atoms with Crippen molar-refractivity contribution in [2.45, 2.75) is 39.5 Å². The fourth-order valence-electron chi connectivity index (χ4n) is 2.91. The molecule has 0 saturated carbocycles. The minimum Gasteiger partial charge on any atom is -0.348 e. The predicted octanol–water partition coefficient (Wildman–Crippen LogP) is 3.47. The molecule has 1 N–H and O–H groups in total. The van der Waals surface area contributed by atoms with Crippen molar-refractivity contribution in [3.8, 4) is 0 Å². The summed E-state index contributed by atoms with van der Waals surface area (Å²) in [5.41, 5.74) is 2.86. The van der Waals surface area contributed by atoms with Crippen LogP contribution in [0, 0.1) is 12.8 Å². The first-order chi connectivity index (χ1) is 11.2. The van der Waals surface area contributed by atoms with Gasteiger partial charge in [-0.25, -0.2) is 9.99 Å². The molecule has 1 unspecified atom stereocenters. The van der Waals surface area contributed by atoms with Crippen LogP contribution < -0.4 is 5.01 Å². The average molecular weight is 310 g/mol. The third-order valence-electron chi connectivity index (χ3n) is 4.13. The van der Waals surface area contributed by atoms with Crippen LogP contribution in [0.4, 0.5) is 5.69 Å². The molecule has 1 aliphatic rings. The number of carbonyl (C=O) groups excluding carboxylic acids is 1. The van der Waals surface area contributed by atoms with E-state index in [0.717, 1.165) is 42.0 Å². The maximum atomic E-state index is 12.8. The zero-order chi connectivity index (χ0) is 16.2. The second-order valence-corrected chi connectivity index (χ2v) is 5.99. The van der Waals surface area contributed by atoms with Crippen LogP contribution in [-0.4, -0.2) is 21.6 Å². The minimum absolute atomic E-state index is 0.0746. The van der Waals surface area contributed by atoms with Crippen LogP contribution in [0.15, 0.2) is 41.8 Å². The lowest BCUT2D eigenvalue weighted by atomic mass is 9.94. The highest BCUT2D eigenvalue weighted by Crippen LogP contribution is 2.28. The van der Waals surface area contributed by atoms with Gasteiger partial charge in [0.15, 0.2) is 0 Å². The van der Waals surface area contributed by atoms with Gasteiger partial charge < -0.3 is 4.98 Å². The molecule has 0 saturated heterocycles. The number of benzene rings is 1. The Morgan fingerprint density at radius 2 is 2.22 bits per heavy atom. The molecule has 1 amide bonds. The summed E-state index contributed by atoms with van der Waals surface area (Å²) in [6, 6.07) is 7.90. The van der Waals surface area contributed by atoms with Gasteiger partial charge in [-0.2, -0.15) is 5.10 Å². The first kappa shape index (κ1) is 15.5. The van der Waals surface area contributed by atoms with E-state index in [0.29, 0.717) is 6.42 Å². The van der Waals surface area contributed by atoms with Crippen LogP contribution in [-0.2, 0) is 11.2 Å². The zero-order valence-electron chi connectivity index (χ0n) is 13.6. The SMILES string of the molecule is CCCCC1C(=O)N(c2cccc(C)c2)N=C1Cc1ncc[nH]1. The number of hydrazone groups is 1. The number of H-pyrrole nitrogens is 1. The molecule has 1 aromatic heterocycles. The van der Waals surface area contributed by atoms with Gasteiger partial charge in [-0.05, 0) is 31.0 Å². The molecule has 5 heteroatoms. The van der Waals surface area contributed by atoms with Crippen molar-refractivity contribution < 1.29 is 4.79 Å². The number of amides is 1. The van der Waals surface area contributed by atoms with Crippen molar-refractivity contribution in [2.75, 3.05) is 5.01 Å². The highest BCUT2D eigenvalue weighted by molar-refractivity contribution is 6.15. The average Bonchev–Trinajstić information content (AvgIpc) is 3.15. The summed E-state index contributed by atoms with van der Waals surface area (Å²) in [6.07, 6.45) is 7.06.